The third-order valence-electron chi connectivity index (χ3n) is 3.81. The van der Waals surface area contributed by atoms with Gasteiger partial charge in [-0.2, -0.15) is 0 Å². The highest BCUT2D eigenvalue weighted by molar-refractivity contribution is 6.31. The van der Waals surface area contributed by atoms with E-state index in [1.54, 1.807) is 42.7 Å². The van der Waals surface area contributed by atoms with E-state index in [2.05, 4.69) is 0 Å². The molecule has 0 unspecified atom stereocenters. The van der Waals surface area contributed by atoms with E-state index in [1.165, 1.54) is 0 Å². The van der Waals surface area contributed by atoms with Gasteiger partial charge in [-0.3, -0.25) is 4.79 Å². The van der Waals surface area contributed by atoms with Gasteiger partial charge < -0.3 is 13.9 Å². The van der Waals surface area contributed by atoms with Crippen LogP contribution >= 0.6 is 11.6 Å². The largest absolute Gasteiger partial charge is 0.489 e. The Morgan fingerprint density at radius 1 is 1.08 bits per heavy atom. The summed E-state index contributed by atoms with van der Waals surface area (Å²) in [7, 11) is 0. The van der Waals surface area contributed by atoms with Gasteiger partial charge in [-0.1, -0.05) is 29.8 Å². The van der Waals surface area contributed by atoms with E-state index in [0.29, 0.717) is 34.5 Å². The van der Waals surface area contributed by atoms with Crippen LogP contribution in [0.25, 0.3) is 6.08 Å². The number of benzene rings is 2. The minimum atomic E-state index is -0.177. The van der Waals surface area contributed by atoms with E-state index < -0.39 is 0 Å². The van der Waals surface area contributed by atoms with Crippen molar-refractivity contribution in [3.8, 4) is 11.5 Å². The maximum atomic E-state index is 12.4. The lowest BCUT2D eigenvalue weighted by atomic mass is 10.1. The Bertz CT molecular complexity index is 958. The van der Waals surface area contributed by atoms with Gasteiger partial charge in [-0.05, 0) is 30.3 Å². The molecule has 4 nitrogen and oxygen atoms in total. The summed E-state index contributed by atoms with van der Waals surface area (Å²) in [6.45, 7) is 0.335. The molecule has 4 rings (SSSR count). The number of rotatable bonds is 4. The van der Waals surface area contributed by atoms with Crippen molar-refractivity contribution in [3.63, 3.8) is 0 Å². The lowest BCUT2D eigenvalue weighted by molar-refractivity contribution is 0.101. The Balaban J connectivity index is 1.52. The molecule has 0 saturated heterocycles. The van der Waals surface area contributed by atoms with Gasteiger partial charge in [0.2, 0.25) is 5.78 Å². The average Bonchev–Trinajstić information content (AvgIpc) is 3.23. The highest BCUT2D eigenvalue weighted by Crippen LogP contribution is 2.35. The molecule has 3 aromatic rings. The van der Waals surface area contributed by atoms with Crippen molar-refractivity contribution in [1.29, 1.82) is 0 Å². The minimum Gasteiger partial charge on any atom is -0.489 e. The Labute approximate surface area is 149 Å². The summed E-state index contributed by atoms with van der Waals surface area (Å²) in [5.41, 5.74) is 1.39. The van der Waals surface area contributed by atoms with Crippen LogP contribution in [0, 0.1) is 0 Å². The molecule has 124 valence electrons. The first-order valence-electron chi connectivity index (χ1n) is 7.69. The number of furan rings is 1. The Morgan fingerprint density at radius 3 is 2.76 bits per heavy atom. The van der Waals surface area contributed by atoms with Crippen LogP contribution in [-0.2, 0) is 6.61 Å². The van der Waals surface area contributed by atoms with Gasteiger partial charge in [-0.25, -0.2) is 0 Å². The molecule has 0 radical (unpaired) electrons. The lowest BCUT2D eigenvalue weighted by Gasteiger charge is -2.08. The summed E-state index contributed by atoms with van der Waals surface area (Å²) in [5.74, 6) is 1.69. The molecule has 2 aromatic carbocycles. The van der Waals surface area contributed by atoms with Crippen molar-refractivity contribution < 1.29 is 18.7 Å². The molecule has 0 atom stereocenters. The predicted molar refractivity (Wildman–Crippen MR) is 93.9 cm³/mol. The second-order valence-electron chi connectivity index (χ2n) is 5.49. The summed E-state index contributed by atoms with van der Waals surface area (Å²) >= 11 is 6.12. The van der Waals surface area contributed by atoms with Gasteiger partial charge in [0, 0.05) is 22.7 Å². The van der Waals surface area contributed by atoms with Crippen molar-refractivity contribution in [2.45, 2.75) is 6.61 Å². The third-order valence-corrected chi connectivity index (χ3v) is 4.18. The van der Waals surface area contributed by atoms with Crippen molar-refractivity contribution in [2.75, 3.05) is 0 Å². The lowest BCUT2D eigenvalue weighted by Crippen LogP contribution is -1.97. The van der Waals surface area contributed by atoms with E-state index in [0.717, 1.165) is 5.56 Å². The molecule has 25 heavy (non-hydrogen) atoms. The normalized spacial score (nSPS) is 14.4. The van der Waals surface area contributed by atoms with Gasteiger partial charge in [0.25, 0.3) is 0 Å². The summed E-state index contributed by atoms with van der Waals surface area (Å²) in [6.07, 6.45) is 3.12. The molecule has 0 saturated carbocycles. The summed E-state index contributed by atoms with van der Waals surface area (Å²) in [6, 6.07) is 16.1. The van der Waals surface area contributed by atoms with Gasteiger partial charge in [0.15, 0.2) is 5.76 Å². The van der Waals surface area contributed by atoms with Crippen LogP contribution in [0.5, 0.6) is 11.5 Å². The first kappa shape index (κ1) is 15.5. The average molecular weight is 353 g/mol. The second-order valence-corrected chi connectivity index (χ2v) is 5.90. The number of halogens is 1. The summed E-state index contributed by atoms with van der Waals surface area (Å²) in [5, 5.41) is 0.652. The van der Waals surface area contributed by atoms with Gasteiger partial charge >= 0.3 is 0 Å². The summed E-state index contributed by atoms with van der Waals surface area (Å²) in [4.78, 5) is 12.4. The molecule has 5 heteroatoms. The highest BCUT2D eigenvalue weighted by atomic mass is 35.5. The zero-order valence-corrected chi connectivity index (χ0v) is 13.8. The number of ketones is 1. The molecule has 0 N–H and O–H groups in total. The number of carbonyl (C=O) groups is 1. The molecule has 1 aliphatic heterocycles. The topological polar surface area (TPSA) is 48.7 Å². The number of hydrogen-bond acceptors (Lipinski definition) is 4. The van der Waals surface area contributed by atoms with Crippen molar-refractivity contribution >= 4 is 23.5 Å². The monoisotopic (exact) mass is 352 g/mol. The predicted octanol–water partition coefficient (Wildman–Crippen LogP) is 5.13. The molecule has 0 aliphatic carbocycles. The smallest absolute Gasteiger partial charge is 0.232 e. The first-order chi connectivity index (χ1) is 12.2. The van der Waals surface area contributed by atoms with Crippen LogP contribution < -0.4 is 9.47 Å². The van der Waals surface area contributed by atoms with Crippen LogP contribution in [0.4, 0.5) is 0 Å². The van der Waals surface area contributed by atoms with Crippen molar-refractivity contribution in [1.82, 2.24) is 0 Å². The van der Waals surface area contributed by atoms with E-state index >= 15 is 0 Å². The van der Waals surface area contributed by atoms with Crippen LogP contribution in [0.1, 0.15) is 21.7 Å². The fourth-order valence-electron chi connectivity index (χ4n) is 2.54. The number of carbonyl (C=O) groups excluding carboxylic acids is 1. The molecule has 0 spiro atoms. The van der Waals surface area contributed by atoms with Crippen LogP contribution in [0.3, 0.4) is 0 Å². The molecule has 0 amide bonds. The number of fused-ring (bicyclic) bond motifs is 1. The van der Waals surface area contributed by atoms with Gasteiger partial charge in [0.1, 0.15) is 23.9 Å². The van der Waals surface area contributed by atoms with E-state index in [1.807, 2.05) is 24.3 Å². The minimum absolute atomic E-state index is 0.177. The van der Waals surface area contributed by atoms with Gasteiger partial charge in [0.05, 0.1) is 11.8 Å². The van der Waals surface area contributed by atoms with Crippen LogP contribution in [-0.4, -0.2) is 5.78 Å². The maximum Gasteiger partial charge on any atom is 0.232 e. The Morgan fingerprint density at radius 2 is 1.96 bits per heavy atom. The second kappa shape index (κ2) is 6.49. The fourth-order valence-corrected chi connectivity index (χ4v) is 2.73. The number of allylic oxidation sites excluding steroid dienone is 1. The molecule has 0 fully saturated rings. The standard InChI is InChI=1S/C20H13ClO4/c21-17-6-2-1-4-13(17)12-24-15-7-8-16-18(10-15)25-19(20(16)22)11-14-5-3-9-23-14/h1-11H,12H2/b19-11+. The molecule has 0 bridgehead atoms. The maximum absolute atomic E-state index is 12.4. The number of ether oxygens (including phenoxy) is 2. The van der Waals surface area contributed by atoms with Crippen LogP contribution in [0.15, 0.2) is 71.0 Å². The molecule has 1 aliphatic rings. The molecular formula is C20H13ClO4. The third kappa shape index (κ3) is 3.16. The Kier molecular flexibility index (Phi) is 4.04. The zero-order valence-electron chi connectivity index (χ0n) is 13.1. The Hall–Kier alpha value is -2.98. The van der Waals surface area contributed by atoms with Crippen molar-refractivity contribution in [3.05, 3.63) is 88.5 Å². The first-order valence-corrected chi connectivity index (χ1v) is 8.06. The fraction of sp³-hybridized carbons (Fsp3) is 0.0500. The van der Waals surface area contributed by atoms with Crippen LogP contribution in [0.2, 0.25) is 5.02 Å². The van der Waals surface area contributed by atoms with Crippen molar-refractivity contribution in [2.24, 2.45) is 0 Å². The van der Waals surface area contributed by atoms with E-state index in [9.17, 15) is 4.79 Å². The SMILES string of the molecule is O=C1/C(=C\c2ccco2)Oc2cc(OCc3ccccc3Cl)ccc21. The molecule has 2 heterocycles. The van der Waals surface area contributed by atoms with Gasteiger partial charge in [-0.15, -0.1) is 0 Å². The van der Waals surface area contributed by atoms with E-state index in [4.69, 9.17) is 25.5 Å². The quantitative estimate of drug-likeness (QED) is 0.611. The molecular weight excluding hydrogens is 340 g/mol. The highest BCUT2D eigenvalue weighted by Gasteiger charge is 2.28. The number of hydrogen-bond donors (Lipinski definition) is 0. The number of Topliss-reactive ketones (excluding diaryl/α,β-unsaturated/α-hetero) is 1. The molecule has 1 aromatic heterocycles. The van der Waals surface area contributed by atoms with E-state index in [-0.39, 0.29) is 11.5 Å². The zero-order chi connectivity index (χ0) is 17.2. The summed E-state index contributed by atoms with van der Waals surface area (Å²) < 4.78 is 16.6.